The van der Waals surface area contributed by atoms with Gasteiger partial charge in [0.15, 0.2) is 0 Å². The summed E-state index contributed by atoms with van der Waals surface area (Å²) in [5, 5.41) is 0. The van der Waals surface area contributed by atoms with Crippen LogP contribution < -0.4 is 0 Å². The molecule has 0 unspecified atom stereocenters. The van der Waals surface area contributed by atoms with Crippen LogP contribution in [-0.4, -0.2) is 0 Å². The third-order valence-electron chi connectivity index (χ3n) is 2.87. The van der Waals surface area contributed by atoms with Crippen molar-refractivity contribution in [2.24, 2.45) is 5.41 Å². The quantitative estimate of drug-likeness (QED) is 0.684. The molecule has 0 aliphatic rings. The summed E-state index contributed by atoms with van der Waals surface area (Å²) < 4.78 is 24.6. The highest BCUT2D eigenvalue weighted by Gasteiger charge is 2.16. The van der Waals surface area contributed by atoms with Crippen LogP contribution in [0.2, 0.25) is 0 Å². The van der Waals surface area contributed by atoms with E-state index in [0.717, 1.165) is 18.4 Å². The number of halogens is 2. The maximum Gasteiger partial charge on any atom is 0.263 e. The zero-order valence-corrected chi connectivity index (χ0v) is 9.56. The SMILES string of the molecule is CCC(C)(C)Cc1ccc(C(F)F)cc1. The third-order valence-corrected chi connectivity index (χ3v) is 2.87. The van der Waals surface area contributed by atoms with Crippen LogP contribution in [0.15, 0.2) is 24.3 Å². The predicted molar refractivity (Wildman–Crippen MR) is 59.2 cm³/mol. The van der Waals surface area contributed by atoms with Crippen LogP contribution in [0, 0.1) is 5.41 Å². The summed E-state index contributed by atoms with van der Waals surface area (Å²) in [6.45, 7) is 6.52. The molecule has 1 rings (SSSR count). The van der Waals surface area contributed by atoms with E-state index in [1.54, 1.807) is 12.1 Å². The molecule has 0 bridgehead atoms. The fourth-order valence-electron chi connectivity index (χ4n) is 1.46. The molecule has 1 aromatic rings. The minimum absolute atomic E-state index is 0.105. The fourth-order valence-corrected chi connectivity index (χ4v) is 1.46. The van der Waals surface area contributed by atoms with Crippen LogP contribution in [0.25, 0.3) is 0 Å². The Hall–Kier alpha value is -0.920. The molecule has 0 fully saturated rings. The van der Waals surface area contributed by atoms with E-state index in [4.69, 9.17) is 0 Å². The van der Waals surface area contributed by atoms with E-state index < -0.39 is 6.43 Å². The second-order valence-electron chi connectivity index (χ2n) is 4.74. The summed E-state index contributed by atoms with van der Waals surface area (Å²) >= 11 is 0. The van der Waals surface area contributed by atoms with E-state index >= 15 is 0 Å². The van der Waals surface area contributed by atoms with Crippen molar-refractivity contribution >= 4 is 0 Å². The second kappa shape index (κ2) is 4.73. The number of rotatable bonds is 4. The van der Waals surface area contributed by atoms with Crippen LogP contribution in [-0.2, 0) is 6.42 Å². The molecule has 0 aliphatic carbocycles. The Morgan fingerprint density at radius 2 is 1.67 bits per heavy atom. The summed E-state index contributed by atoms with van der Waals surface area (Å²) in [5.74, 6) is 0. The van der Waals surface area contributed by atoms with E-state index in [0.29, 0.717) is 0 Å². The Balaban J connectivity index is 2.73. The van der Waals surface area contributed by atoms with Crippen LogP contribution >= 0.6 is 0 Å². The van der Waals surface area contributed by atoms with Gasteiger partial charge in [-0.05, 0) is 17.4 Å². The van der Waals surface area contributed by atoms with Gasteiger partial charge >= 0.3 is 0 Å². The average molecular weight is 212 g/mol. The van der Waals surface area contributed by atoms with Gasteiger partial charge in [-0.2, -0.15) is 0 Å². The van der Waals surface area contributed by atoms with Crippen LogP contribution in [0.4, 0.5) is 8.78 Å². The lowest BCUT2D eigenvalue weighted by Gasteiger charge is -2.22. The van der Waals surface area contributed by atoms with Gasteiger partial charge in [-0.25, -0.2) is 8.78 Å². The molecular weight excluding hydrogens is 194 g/mol. The Bertz CT molecular complexity index is 299. The van der Waals surface area contributed by atoms with Crippen molar-refractivity contribution in [3.63, 3.8) is 0 Å². The van der Waals surface area contributed by atoms with Gasteiger partial charge in [0.1, 0.15) is 0 Å². The van der Waals surface area contributed by atoms with Crippen LogP contribution in [0.1, 0.15) is 44.7 Å². The molecule has 0 aliphatic heterocycles. The van der Waals surface area contributed by atoms with E-state index in [9.17, 15) is 8.78 Å². The Labute approximate surface area is 90.3 Å². The molecule has 0 amide bonds. The van der Waals surface area contributed by atoms with Gasteiger partial charge in [0.2, 0.25) is 0 Å². The summed E-state index contributed by atoms with van der Waals surface area (Å²) in [7, 11) is 0. The van der Waals surface area contributed by atoms with Gasteiger partial charge in [0.25, 0.3) is 6.43 Å². The maximum absolute atomic E-state index is 12.3. The molecule has 0 nitrogen and oxygen atoms in total. The second-order valence-corrected chi connectivity index (χ2v) is 4.74. The van der Waals surface area contributed by atoms with Crippen molar-refractivity contribution in [3.05, 3.63) is 35.4 Å². The minimum atomic E-state index is -2.36. The number of benzene rings is 1. The van der Waals surface area contributed by atoms with E-state index in [-0.39, 0.29) is 11.0 Å². The molecule has 0 saturated heterocycles. The normalized spacial score (nSPS) is 12.1. The fraction of sp³-hybridized carbons (Fsp3) is 0.538. The molecule has 15 heavy (non-hydrogen) atoms. The number of alkyl halides is 2. The maximum atomic E-state index is 12.3. The zero-order chi connectivity index (χ0) is 11.5. The van der Waals surface area contributed by atoms with Gasteiger partial charge in [-0.15, -0.1) is 0 Å². The molecule has 0 atom stereocenters. The highest BCUT2D eigenvalue weighted by Crippen LogP contribution is 2.26. The molecule has 2 heteroatoms. The summed E-state index contributed by atoms with van der Waals surface area (Å²) in [5.41, 5.74) is 1.48. The summed E-state index contributed by atoms with van der Waals surface area (Å²) in [6, 6.07) is 6.65. The zero-order valence-electron chi connectivity index (χ0n) is 9.56. The van der Waals surface area contributed by atoms with Crippen molar-refractivity contribution in [3.8, 4) is 0 Å². The Kier molecular flexibility index (Phi) is 3.83. The van der Waals surface area contributed by atoms with Gasteiger partial charge in [-0.3, -0.25) is 0 Å². The van der Waals surface area contributed by atoms with Gasteiger partial charge < -0.3 is 0 Å². The van der Waals surface area contributed by atoms with E-state index in [1.807, 2.05) is 0 Å². The van der Waals surface area contributed by atoms with Gasteiger partial charge in [-0.1, -0.05) is 51.5 Å². The van der Waals surface area contributed by atoms with Crippen molar-refractivity contribution in [1.82, 2.24) is 0 Å². The molecule has 0 spiro atoms. The molecule has 0 saturated carbocycles. The minimum Gasteiger partial charge on any atom is -0.205 e. The molecule has 1 aromatic carbocycles. The monoisotopic (exact) mass is 212 g/mol. The first-order valence-corrected chi connectivity index (χ1v) is 5.31. The molecule has 0 radical (unpaired) electrons. The average Bonchev–Trinajstić information content (AvgIpc) is 2.18. The van der Waals surface area contributed by atoms with Crippen molar-refractivity contribution in [2.45, 2.75) is 40.0 Å². The standard InChI is InChI=1S/C13H18F2/c1-4-13(2,3)9-10-5-7-11(8-6-10)12(14)15/h5-8,12H,4,9H2,1-3H3. The highest BCUT2D eigenvalue weighted by molar-refractivity contribution is 5.24. The Morgan fingerprint density at radius 3 is 2.07 bits per heavy atom. The molecular formula is C13H18F2. The largest absolute Gasteiger partial charge is 0.263 e. The lowest BCUT2D eigenvalue weighted by molar-refractivity contribution is 0.151. The van der Waals surface area contributed by atoms with Gasteiger partial charge in [0.05, 0.1) is 0 Å². The van der Waals surface area contributed by atoms with E-state index in [2.05, 4.69) is 20.8 Å². The molecule has 84 valence electrons. The van der Waals surface area contributed by atoms with Crippen molar-refractivity contribution in [2.75, 3.05) is 0 Å². The van der Waals surface area contributed by atoms with E-state index in [1.165, 1.54) is 12.1 Å². The Morgan fingerprint density at radius 1 is 1.13 bits per heavy atom. The lowest BCUT2D eigenvalue weighted by atomic mass is 9.83. The van der Waals surface area contributed by atoms with Crippen LogP contribution in [0.3, 0.4) is 0 Å². The smallest absolute Gasteiger partial charge is 0.205 e. The molecule has 0 aromatic heterocycles. The first-order chi connectivity index (χ1) is 6.94. The topological polar surface area (TPSA) is 0 Å². The van der Waals surface area contributed by atoms with Gasteiger partial charge in [0, 0.05) is 5.56 Å². The van der Waals surface area contributed by atoms with Crippen LogP contribution in [0.5, 0.6) is 0 Å². The highest BCUT2D eigenvalue weighted by atomic mass is 19.3. The van der Waals surface area contributed by atoms with Crippen molar-refractivity contribution < 1.29 is 8.78 Å². The first kappa shape index (κ1) is 12.2. The number of hydrogen-bond acceptors (Lipinski definition) is 0. The first-order valence-electron chi connectivity index (χ1n) is 5.31. The number of hydrogen-bond donors (Lipinski definition) is 0. The predicted octanol–water partition coefficient (Wildman–Crippen LogP) is 4.60. The molecule has 0 N–H and O–H groups in total. The molecule has 0 heterocycles. The third kappa shape index (κ3) is 3.61. The van der Waals surface area contributed by atoms with Crippen molar-refractivity contribution in [1.29, 1.82) is 0 Å². The summed E-state index contributed by atoms with van der Waals surface area (Å²) in [6.07, 6.45) is -0.338. The lowest BCUT2D eigenvalue weighted by Crippen LogP contribution is -2.13. The summed E-state index contributed by atoms with van der Waals surface area (Å²) in [4.78, 5) is 0.